The number of anilines is 1. The van der Waals surface area contributed by atoms with Gasteiger partial charge < -0.3 is 10.5 Å². The molecule has 1 aromatic carbocycles. The van der Waals surface area contributed by atoms with Gasteiger partial charge in [0.1, 0.15) is 0 Å². The molecule has 2 aromatic rings. The fourth-order valence-corrected chi connectivity index (χ4v) is 2.90. The molecule has 0 spiro atoms. The Morgan fingerprint density at radius 3 is 2.87 bits per heavy atom. The maximum absolute atomic E-state index is 11.6. The Morgan fingerprint density at radius 1 is 1.35 bits per heavy atom. The van der Waals surface area contributed by atoms with Gasteiger partial charge in [-0.1, -0.05) is 30.3 Å². The molecule has 3 rings (SSSR count). The highest BCUT2D eigenvalue weighted by atomic mass is 16.5. The summed E-state index contributed by atoms with van der Waals surface area (Å²) in [5.74, 6) is -0.183. The van der Waals surface area contributed by atoms with Gasteiger partial charge in [0.2, 0.25) is 0 Å². The molecule has 1 aromatic heterocycles. The predicted octanol–water partition coefficient (Wildman–Crippen LogP) is 2.25. The van der Waals surface area contributed by atoms with Crippen molar-refractivity contribution in [1.29, 1.82) is 0 Å². The Balaban J connectivity index is 1.80. The molecule has 0 bridgehead atoms. The fraction of sp³-hybridized carbons (Fsp3) is 0.333. The Hall–Kier alpha value is -2.40. The van der Waals surface area contributed by atoms with Gasteiger partial charge in [-0.25, -0.2) is 0 Å². The van der Waals surface area contributed by atoms with E-state index in [2.05, 4.69) is 4.90 Å². The highest BCUT2D eigenvalue weighted by Crippen LogP contribution is 2.28. The number of ether oxygens (including phenoxy) is 1. The van der Waals surface area contributed by atoms with Gasteiger partial charge in [0.05, 0.1) is 24.5 Å². The van der Waals surface area contributed by atoms with E-state index in [-0.39, 0.29) is 5.97 Å². The van der Waals surface area contributed by atoms with Gasteiger partial charge in [-0.15, -0.1) is 0 Å². The number of benzene rings is 1. The Bertz CT molecular complexity index is 701. The minimum atomic E-state index is -0.183. The smallest absolute Gasteiger partial charge is 0.320 e. The van der Waals surface area contributed by atoms with E-state index in [1.54, 1.807) is 0 Å². The highest BCUT2D eigenvalue weighted by molar-refractivity contribution is 5.74. The van der Waals surface area contributed by atoms with Crippen LogP contribution in [0.3, 0.4) is 0 Å². The number of pyridine rings is 1. The zero-order valence-electron chi connectivity index (χ0n) is 13.3. The van der Waals surface area contributed by atoms with E-state index in [1.165, 1.54) is 0 Å². The predicted molar refractivity (Wildman–Crippen MR) is 89.7 cm³/mol. The first kappa shape index (κ1) is 15.5. The summed E-state index contributed by atoms with van der Waals surface area (Å²) in [6.07, 6.45) is 0.814. The summed E-state index contributed by atoms with van der Waals surface area (Å²) >= 11 is 0. The van der Waals surface area contributed by atoms with Crippen LogP contribution < -0.4 is 5.73 Å². The molecule has 1 aliphatic rings. The molecule has 0 unspecified atom stereocenters. The molecule has 5 heteroatoms. The lowest BCUT2D eigenvalue weighted by Gasteiger charge is -2.28. The highest BCUT2D eigenvalue weighted by Gasteiger charge is 2.21. The average molecular weight is 311 g/mol. The van der Waals surface area contributed by atoms with Crippen LogP contribution in [-0.4, -0.2) is 35.5 Å². The number of nitrogens with two attached hydrogens (primary N) is 1. The molecule has 0 saturated carbocycles. The van der Waals surface area contributed by atoms with Crippen LogP contribution in [0.1, 0.15) is 18.2 Å². The number of esters is 1. The molecule has 23 heavy (non-hydrogen) atoms. The quantitative estimate of drug-likeness (QED) is 0.877. The lowest BCUT2D eigenvalue weighted by atomic mass is 10.0. The van der Waals surface area contributed by atoms with Crippen LogP contribution in [0, 0.1) is 0 Å². The van der Waals surface area contributed by atoms with Gasteiger partial charge in [0.25, 0.3) is 0 Å². The van der Waals surface area contributed by atoms with Crippen LogP contribution in [0.5, 0.6) is 0 Å². The van der Waals surface area contributed by atoms with E-state index in [0.29, 0.717) is 25.4 Å². The second kappa shape index (κ2) is 6.79. The SMILES string of the molecule is CCOC(=O)CN1CCc2nc(-c3ccccc3)c(N)cc2C1. The topological polar surface area (TPSA) is 68.5 Å². The van der Waals surface area contributed by atoms with Crippen molar-refractivity contribution < 1.29 is 9.53 Å². The molecule has 120 valence electrons. The van der Waals surface area contributed by atoms with Gasteiger partial charge in [-0.2, -0.15) is 0 Å². The molecular formula is C18H21N3O2. The van der Waals surface area contributed by atoms with Crippen molar-refractivity contribution >= 4 is 11.7 Å². The van der Waals surface area contributed by atoms with Crippen LogP contribution in [0.25, 0.3) is 11.3 Å². The van der Waals surface area contributed by atoms with Gasteiger partial charge in [-0.3, -0.25) is 14.7 Å². The summed E-state index contributed by atoms with van der Waals surface area (Å²) in [7, 11) is 0. The summed E-state index contributed by atoms with van der Waals surface area (Å²) in [6.45, 7) is 4.03. The number of hydrogen-bond acceptors (Lipinski definition) is 5. The molecule has 0 amide bonds. The minimum Gasteiger partial charge on any atom is -0.465 e. The summed E-state index contributed by atoms with van der Waals surface area (Å²) in [5, 5.41) is 0. The zero-order chi connectivity index (χ0) is 16.2. The standard InChI is InChI=1S/C18H21N3O2/c1-2-23-17(22)12-21-9-8-16-14(11-21)10-15(19)18(20-16)13-6-4-3-5-7-13/h3-7,10H,2,8-9,11-12,19H2,1H3. The van der Waals surface area contributed by atoms with Crippen molar-refractivity contribution in [2.45, 2.75) is 19.9 Å². The number of fused-ring (bicyclic) bond motifs is 1. The molecule has 0 fully saturated rings. The third-order valence-electron chi connectivity index (χ3n) is 3.98. The van der Waals surface area contributed by atoms with E-state index in [1.807, 2.05) is 43.3 Å². The summed E-state index contributed by atoms with van der Waals surface area (Å²) < 4.78 is 5.01. The molecule has 2 N–H and O–H groups in total. The largest absolute Gasteiger partial charge is 0.465 e. The lowest BCUT2D eigenvalue weighted by molar-refractivity contribution is -0.144. The van der Waals surface area contributed by atoms with Crippen molar-refractivity contribution in [2.24, 2.45) is 0 Å². The van der Waals surface area contributed by atoms with E-state index in [0.717, 1.165) is 35.5 Å². The summed E-state index contributed by atoms with van der Waals surface area (Å²) in [5.41, 5.74) is 10.9. The second-order valence-corrected chi connectivity index (χ2v) is 5.66. The maximum Gasteiger partial charge on any atom is 0.320 e. The Morgan fingerprint density at radius 2 is 2.13 bits per heavy atom. The van der Waals surface area contributed by atoms with E-state index in [4.69, 9.17) is 15.5 Å². The summed E-state index contributed by atoms with van der Waals surface area (Å²) in [4.78, 5) is 18.5. The minimum absolute atomic E-state index is 0.183. The van der Waals surface area contributed by atoms with Crippen molar-refractivity contribution in [3.63, 3.8) is 0 Å². The normalized spacial score (nSPS) is 14.3. The van der Waals surface area contributed by atoms with E-state index in [9.17, 15) is 4.79 Å². The van der Waals surface area contributed by atoms with Crippen molar-refractivity contribution in [2.75, 3.05) is 25.4 Å². The molecule has 0 aliphatic carbocycles. The third kappa shape index (κ3) is 3.51. The molecule has 1 aliphatic heterocycles. The second-order valence-electron chi connectivity index (χ2n) is 5.66. The van der Waals surface area contributed by atoms with Crippen LogP contribution in [0.15, 0.2) is 36.4 Å². The fourth-order valence-electron chi connectivity index (χ4n) is 2.90. The summed E-state index contributed by atoms with van der Waals surface area (Å²) in [6, 6.07) is 12.0. The number of hydrogen-bond donors (Lipinski definition) is 1. The first-order valence-corrected chi connectivity index (χ1v) is 7.89. The van der Waals surface area contributed by atoms with E-state index < -0.39 is 0 Å². The van der Waals surface area contributed by atoms with Gasteiger partial charge in [0, 0.05) is 30.8 Å². The Kier molecular flexibility index (Phi) is 4.57. The zero-order valence-corrected chi connectivity index (χ0v) is 13.3. The van der Waals surface area contributed by atoms with Crippen molar-refractivity contribution in [3.05, 3.63) is 47.7 Å². The third-order valence-corrected chi connectivity index (χ3v) is 3.98. The number of nitrogen functional groups attached to an aromatic ring is 1. The Labute approximate surface area is 136 Å². The molecule has 0 atom stereocenters. The number of aromatic nitrogens is 1. The molecule has 5 nitrogen and oxygen atoms in total. The molecule has 2 heterocycles. The lowest BCUT2D eigenvalue weighted by Crippen LogP contribution is -2.36. The van der Waals surface area contributed by atoms with Crippen molar-refractivity contribution in [3.8, 4) is 11.3 Å². The number of carbonyl (C=O) groups excluding carboxylic acids is 1. The maximum atomic E-state index is 11.6. The van der Waals surface area contributed by atoms with Crippen LogP contribution >= 0.6 is 0 Å². The van der Waals surface area contributed by atoms with Crippen LogP contribution in [-0.2, 0) is 22.5 Å². The van der Waals surface area contributed by atoms with Gasteiger partial charge in [0.15, 0.2) is 0 Å². The van der Waals surface area contributed by atoms with Gasteiger partial charge >= 0.3 is 5.97 Å². The van der Waals surface area contributed by atoms with E-state index >= 15 is 0 Å². The number of nitrogens with zero attached hydrogens (tertiary/aromatic N) is 2. The molecular weight excluding hydrogens is 290 g/mol. The number of rotatable bonds is 4. The van der Waals surface area contributed by atoms with Gasteiger partial charge in [-0.05, 0) is 18.6 Å². The monoisotopic (exact) mass is 311 g/mol. The first-order chi connectivity index (χ1) is 11.2. The average Bonchev–Trinajstić information content (AvgIpc) is 2.55. The molecule has 0 saturated heterocycles. The number of carbonyl (C=O) groups is 1. The molecule has 0 radical (unpaired) electrons. The first-order valence-electron chi connectivity index (χ1n) is 7.89. The van der Waals surface area contributed by atoms with Crippen molar-refractivity contribution in [1.82, 2.24) is 9.88 Å². The van der Waals surface area contributed by atoms with Crippen LogP contribution in [0.2, 0.25) is 0 Å². The van der Waals surface area contributed by atoms with Crippen LogP contribution in [0.4, 0.5) is 5.69 Å².